The van der Waals surface area contributed by atoms with Crippen molar-refractivity contribution in [1.82, 2.24) is 4.90 Å². The average Bonchev–Trinajstić information content (AvgIpc) is 2.75. The minimum Gasteiger partial charge on any atom is -0.338 e. The monoisotopic (exact) mass is 254 g/mol. The third-order valence-electron chi connectivity index (χ3n) is 2.75. The van der Waals surface area contributed by atoms with Gasteiger partial charge < -0.3 is 4.90 Å². The van der Waals surface area contributed by atoms with Crippen LogP contribution >= 0.6 is 22.9 Å². The Morgan fingerprint density at radius 2 is 2.19 bits per heavy atom. The van der Waals surface area contributed by atoms with Crippen LogP contribution in [0.4, 0.5) is 0 Å². The van der Waals surface area contributed by atoms with Gasteiger partial charge in [-0.15, -0.1) is 11.3 Å². The normalized spacial score (nSPS) is 17.1. The van der Waals surface area contributed by atoms with Crippen molar-refractivity contribution >= 4 is 28.8 Å². The van der Waals surface area contributed by atoms with Crippen LogP contribution in [0.5, 0.6) is 0 Å². The number of thiophene rings is 1. The van der Waals surface area contributed by atoms with Crippen molar-refractivity contribution in [3.63, 3.8) is 0 Å². The van der Waals surface area contributed by atoms with Gasteiger partial charge in [0.05, 0.1) is 15.3 Å². The summed E-state index contributed by atoms with van der Waals surface area (Å²) in [6.07, 6.45) is 1.56. The topological polar surface area (TPSA) is 44.1 Å². The summed E-state index contributed by atoms with van der Waals surface area (Å²) in [5.41, 5.74) is 0. The van der Waals surface area contributed by atoms with E-state index < -0.39 is 0 Å². The molecular weight excluding hydrogens is 244 g/mol. The standard InChI is InChI=1S/C11H11ClN2OS/c12-10-2-1-9(16-10)11(15)14-5-3-8(7-13)4-6-14/h1-2,8H,3-6H2. The Balaban J connectivity index is 2.00. The van der Waals surface area contributed by atoms with Crippen LogP contribution in [0, 0.1) is 17.2 Å². The number of piperidine rings is 1. The molecule has 1 aromatic heterocycles. The number of rotatable bonds is 1. The maximum absolute atomic E-state index is 12.0. The van der Waals surface area contributed by atoms with Gasteiger partial charge >= 0.3 is 0 Å². The van der Waals surface area contributed by atoms with Crippen LogP contribution in [0.2, 0.25) is 4.34 Å². The molecule has 1 amide bonds. The van der Waals surface area contributed by atoms with Crippen molar-refractivity contribution in [3.05, 3.63) is 21.3 Å². The Hall–Kier alpha value is -1.05. The molecule has 1 fully saturated rings. The first-order valence-corrected chi connectivity index (χ1v) is 6.34. The lowest BCUT2D eigenvalue weighted by atomic mass is 9.98. The molecular formula is C11H11ClN2OS. The molecule has 2 heterocycles. The van der Waals surface area contributed by atoms with Gasteiger partial charge in [-0.3, -0.25) is 4.79 Å². The van der Waals surface area contributed by atoms with E-state index in [0.717, 1.165) is 12.8 Å². The molecule has 0 spiro atoms. The summed E-state index contributed by atoms with van der Waals surface area (Å²) in [6.45, 7) is 1.35. The van der Waals surface area contributed by atoms with Crippen LogP contribution < -0.4 is 0 Å². The van der Waals surface area contributed by atoms with E-state index in [1.165, 1.54) is 11.3 Å². The van der Waals surface area contributed by atoms with Gasteiger partial charge in [0.2, 0.25) is 0 Å². The zero-order chi connectivity index (χ0) is 11.5. The van der Waals surface area contributed by atoms with Crippen molar-refractivity contribution in [2.75, 3.05) is 13.1 Å². The first-order valence-electron chi connectivity index (χ1n) is 5.15. The molecule has 1 saturated heterocycles. The third kappa shape index (κ3) is 2.37. The number of nitriles is 1. The number of carbonyl (C=O) groups is 1. The quantitative estimate of drug-likeness (QED) is 0.774. The van der Waals surface area contributed by atoms with Gasteiger partial charge in [0.25, 0.3) is 5.91 Å². The van der Waals surface area contributed by atoms with Crippen LogP contribution in [-0.4, -0.2) is 23.9 Å². The van der Waals surface area contributed by atoms with Gasteiger partial charge in [-0.2, -0.15) is 5.26 Å². The fourth-order valence-electron chi connectivity index (χ4n) is 1.80. The van der Waals surface area contributed by atoms with Crippen LogP contribution in [0.25, 0.3) is 0 Å². The maximum atomic E-state index is 12.0. The van der Waals surface area contributed by atoms with Crippen molar-refractivity contribution < 1.29 is 4.79 Å². The van der Waals surface area contributed by atoms with Gasteiger partial charge in [-0.25, -0.2) is 0 Å². The number of nitrogens with zero attached hydrogens (tertiary/aromatic N) is 2. The van der Waals surface area contributed by atoms with E-state index in [9.17, 15) is 4.79 Å². The number of hydrogen-bond acceptors (Lipinski definition) is 3. The minimum atomic E-state index is 0.0355. The summed E-state index contributed by atoms with van der Waals surface area (Å²) in [6, 6.07) is 5.74. The molecule has 0 saturated carbocycles. The van der Waals surface area contributed by atoms with Crippen LogP contribution in [0.1, 0.15) is 22.5 Å². The highest BCUT2D eigenvalue weighted by Gasteiger charge is 2.24. The molecule has 1 aliphatic heterocycles. The second-order valence-electron chi connectivity index (χ2n) is 3.80. The van der Waals surface area contributed by atoms with Crippen LogP contribution in [0.3, 0.4) is 0 Å². The van der Waals surface area contributed by atoms with E-state index in [1.54, 1.807) is 17.0 Å². The summed E-state index contributed by atoms with van der Waals surface area (Å²) in [4.78, 5) is 14.5. The summed E-state index contributed by atoms with van der Waals surface area (Å²) in [7, 11) is 0. The summed E-state index contributed by atoms with van der Waals surface area (Å²) < 4.78 is 0.635. The molecule has 0 unspecified atom stereocenters. The highest BCUT2D eigenvalue weighted by Crippen LogP contribution is 2.24. The minimum absolute atomic E-state index is 0.0355. The maximum Gasteiger partial charge on any atom is 0.263 e. The van der Waals surface area contributed by atoms with Crippen LogP contribution in [0.15, 0.2) is 12.1 Å². The molecule has 84 valence electrons. The van der Waals surface area contributed by atoms with Gasteiger partial charge in [0.15, 0.2) is 0 Å². The van der Waals surface area contributed by atoms with Gasteiger partial charge in [0, 0.05) is 19.0 Å². The number of halogens is 1. The lowest BCUT2D eigenvalue weighted by Gasteiger charge is -2.28. The van der Waals surface area contributed by atoms with E-state index in [4.69, 9.17) is 16.9 Å². The fourth-order valence-corrected chi connectivity index (χ4v) is 2.81. The summed E-state index contributed by atoms with van der Waals surface area (Å²) in [5, 5.41) is 8.77. The van der Waals surface area contributed by atoms with E-state index in [1.807, 2.05) is 0 Å². The highest BCUT2D eigenvalue weighted by molar-refractivity contribution is 7.17. The van der Waals surface area contributed by atoms with E-state index in [-0.39, 0.29) is 11.8 Å². The van der Waals surface area contributed by atoms with Crippen molar-refractivity contribution in [1.29, 1.82) is 5.26 Å². The van der Waals surface area contributed by atoms with Gasteiger partial charge in [-0.1, -0.05) is 11.6 Å². The molecule has 2 rings (SSSR count). The number of amides is 1. The fraction of sp³-hybridized carbons (Fsp3) is 0.455. The molecule has 5 heteroatoms. The SMILES string of the molecule is N#CC1CCN(C(=O)c2ccc(Cl)s2)CC1. The predicted octanol–water partition coefficient (Wildman–Crippen LogP) is 2.78. The molecule has 1 aromatic rings. The third-order valence-corrected chi connectivity index (χ3v) is 3.97. The second-order valence-corrected chi connectivity index (χ2v) is 5.51. The Morgan fingerprint density at radius 3 is 2.69 bits per heavy atom. The molecule has 0 bridgehead atoms. The van der Waals surface area contributed by atoms with Crippen LogP contribution in [-0.2, 0) is 0 Å². The number of likely N-dealkylation sites (tertiary alicyclic amines) is 1. The van der Waals surface area contributed by atoms with E-state index >= 15 is 0 Å². The molecule has 3 nitrogen and oxygen atoms in total. The number of carbonyl (C=O) groups excluding carboxylic acids is 1. The second kappa shape index (κ2) is 4.86. The van der Waals surface area contributed by atoms with Crippen molar-refractivity contribution in [2.24, 2.45) is 5.92 Å². The first-order chi connectivity index (χ1) is 7.70. The Labute approximate surface area is 103 Å². The molecule has 0 aliphatic carbocycles. The highest BCUT2D eigenvalue weighted by atomic mass is 35.5. The molecule has 0 atom stereocenters. The zero-order valence-corrected chi connectivity index (χ0v) is 10.2. The predicted molar refractivity (Wildman–Crippen MR) is 63.6 cm³/mol. The Morgan fingerprint density at radius 1 is 1.50 bits per heavy atom. The Bertz CT molecular complexity index is 429. The lowest BCUT2D eigenvalue weighted by molar-refractivity contribution is 0.0712. The van der Waals surface area contributed by atoms with Gasteiger partial charge in [-0.05, 0) is 25.0 Å². The smallest absolute Gasteiger partial charge is 0.263 e. The largest absolute Gasteiger partial charge is 0.338 e. The average molecular weight is 255 g/mol. The molecule has 0 radical (unpaired) electrons. The summed E-state index contributed by atoms with van der Waals surface area (Å²) in [5.74, 6) is 0.143. The molecule has 16 heavy (non-hydrogen) atoms. The van der Waals surface area contributed by atoms with E-state index in [2.05, 4.69) is 6.07 Å². The molecule has 1 aliphatic rings. The summed E-state index contributed by atoms with van der Waals surface area (Å²) >= 11 is 7.10. The zero-order valence-electron chi connectivity index (χ0n) is 8.65. The number of hydrogen-bond donors (Lipinski definition) is 0. The Kier molecular flexibility index (Phi) is 3.47. The van der Waals surface area contributed by atoms with Gasteiger partial charge in [0.1, 0.15) is 0 Å². The first kappa shape index (κ1) is 11.4. The van der Waals surface area contributed by atoms with Crippen molar-refractivity contribution in [2.45, 2.75) is 12.8 Å². The molecule has 0 aromatic carbocycles. The molecule has 0 N–H and O–H groups in total. The van der Waals surface area contributed by atoms with Crippen molar-refractivity contribution in [3.8, 4) is 6.07 Å². The lowest BCUT2D eigenvalue weighted by Crippen LogP contribution is -2.37. The van der Waals surface area contributed by atoms with E-state index in [0.29, 0.717) is 22.3 Å².